The van der Waals surface area contributed by atoms with E-state index in [-0.39, 0.29) is 0 Å². The van der Waals surface area contributed by atoms with E-state index < -0.39 is 15.4 Å². The Morgan fingerprint density at radius 1 is 1.21 bits per heavy atom. The van der Waals surface area contributed by atoms with Crippen LogP contribution in [0.2, 0.25) is 0 Å². The van der Waals surface area contributed by atoms with Crippen molar-refractivity contribution in [3.05, 3.63) is 0 Å². The van der Waals surface area contributed by atoms with E-state index in [1.807, 2.05) is 25.7 Å². The van der Waals surface area contributed by atoms with E-state index in [9.17, 15) is 8.42 Å². The van der Waals surface area contributed by atoms with Crippen molar-refractivity contribution in [2.24, 2.45) is 0 Å². The minimum absolute atomic E-state index is 0.430. The maximum Gasteiger partial charge on any atom is 0.269 e. The SMILES string of the molecule is CCCC(CN(CC)CC)S(=O)(=O)O. The first-order valence-corrected chi connectivity index (χ1v) is 6.64. The summed E-state index contributed by atoms with van der Waals surface area (Å²) in [5.74, 6) is 0. The van der Waals surface area contributed by atoms with Crippen LogP contribution >= 0.6 is 0 Å². The van der Waals surface area contributed by atoms with Gasteiger partial charge in [0.15, 0.2) is 0 Å². The molecule has 14 heavy (non-hydrogen) atoms. The highest BCUT2D eigenvalue weighted by Gasteiger charge is 2.23. The topological polar surface area (TPSA) is 57.6 Å². The van der Waals surface area contributed by atoms with Gasteiger partial charge in [0.2, 0.25) is 0 Å². The van der Waals surface area contributed by atoms with Crippen LogP contribution in [0.5, 0.6) is 0 Å². The molecule has 0 saturated heterocycles. The second-order valence-corrected chi connectivity index (χ2v) is 5.11. The van der Waals surface area contributed by atoms with Crippen LogP contribution in [0.25, 0.3) is 0 Å². The molecule has 1 atom stereocenters. The van der Waals surface area contributed by atoms with Gasteiger partial charge in [-0.25, -0.2) is 0 Å². The summed E-state index contributed by atoms with van der Waals surface area (Å²) in [7, 11) is -3.88. The highest BCUT2D eigenvalue weighted by Crippen LogP contribution is 2.09. The van der Waals surface area contributed by atoms with E-state index in [0.717, 1.165) is 19.5 Å². The molecule has 0 aliphatic carbocycles. The lowest BCUT2D eigenvalue weighted by molar-refractivity contribution is 0.291. The van der Waals surface area contributed by atoms with Gasteiger partial charge in [0.1, 0.15) is 0 Å². The maximum absolute atomic E-state index is 11.0. The summed E-state index contributed by atoms with van der Waals surface area (Å²) in [6.45, 7) is 7.94. The largest absolute Gasteiger partial charge is 0.303 e. The van der Waals surface area contributed by atoms with Crippen LogP contribution in [0.3, 0.4) is 0 Å². The second kappa shape index (κ2) is 6.37. The van der Waals surface area contributed by atoms with Crippen LogP contribution in [-0.4, -0.2) is 42.8 Å². The van der Waals surface area contributed by atoms with Crippen molar-refractivity contribution in [3.8, 4) is 0 Å². The molecule has 0 amide bonds. The van der Waals surface area contributed by atoms with Crippen molar-refractivity contribution in [1.29, 1.82) is 0 Å². The van der Waals surface area contributed by atoms with E-state index in [4.69, 9.17) is 4.55 Å². The van der Waals surface area contributed by atoms with Gasteiger partial charge in [-0.15, -0.1) is 0 Å². The van der Waals surface area contributed by atoms with Crippen molar-refractivity contribution in [2.75, 3.05) is 19.6 Å². The fourth-order valence-corrected chi connectivity index (χ4v) is 2.36. The molecule has 1 N–H and O–H groups in total. The lowest BCUT2D eigenvalue weighted by atomic mass is 10.2. The van der Waals surface area contributed by atoms with Crippen LogP contribution in [0.4, 0.5) is 0 Å². The van der Waals surface area contributed by atoms with Gasteiger partial charge in [-0.2, -0.15) is 8.42 Å². The average molecular weight is 223 g/mol. The summed E-state index contributed by atoms with van der Waals surface area (Å²) in [5.41, 5.74) is 0. The number of hydrogen-bond donors (Lipinski definition) is 1. The van der Waals surface area contributed by atoms with Gasteiger partial charge in [0.05, 0.1) is 5.25 Å². The summed E-state index contributed by atoms with van der Waals surface area (Å²) < 4.78 is 31.0. The third kappa shape index (κ3) is 4.93. The molecule has 1 unspecified atom stereocenters. The number of hydrogen-bond acceptors (Lipinski definition) is 3. The first-order chi connectivity index (χ1) is 6.45. The first kappa shape index (κ1) is 13.9. The monoisotopic (exact) mass is 223 g/mol. The van der Waals surface area contributed by atoms with Crippen molar-refractivity contribution in [1.82, 2.24) is 4.90 Å². The molecule has 0 aliphatic heterocycles. The zero-order valence-corrected chi connectivity index (χ0v) is 10.0. The Bertz CT molecular complexity index is 234. The molecule has 0 radical (unpaired) electrons. The van der Waals surface area contributed by atoms with Gasteiger partial charge >= 0.3 is 0 Å². The summed E-state index contributed by atoms with van der Waals surface area (Å²) >= 11 is 0. The predicted octanol–water partition coefficient (Wildman–Crippen LogP) is 1.38. The van der Waals surface area contributed by atoms with E-state index in [0.29, 0.717) is 13.0 Å². The molecule has 86 valence electrons. The normalized spacial score (nSPS) is 14.6. The van der Waals surface area contributed by atoms with Crippen LogP contribution < -0.4 is 0 Å². The predicted molar refractivity (Wildman–Crippen MR) is 58.0 cm³/mol. The van der Waals surface area contributed by atoms with E-state index in [1.54, 1.807) is 0 Å². The average Bonchev–Trinajstić information content (AvgIpc) is 2.10. The molecular formula is C9H21NO3S. The van der Waals surface area contributed by atoms with Crippen LogP contribution in [0, 0.1) is 0 Å². The van der Waals surface area contributed by atoms with Crippen LogP contribution in [0.1, 0.15) is 33.6 Å². The number of nitrogens with zero attached hydrogens (tertiary/aromatic N) is 1. The molecular weight excluding hydrogens is 202 g/mol. The summed E-state index contributed by atoms with van der Waals surface area (Å²) in [6.07, 6.45) is 1.29. The van der Waals surface area contributed by atoms with Gasteiger partial charge in [-0.1, -0.05) is 27.2 Å². The maximum atomic E-state index is 11.0. The fraction of sp³-hybridized carbons (Fsp3) is 1.00. The summed E-state index contributed by atoms with van der Waals surface area (Å²) in [6, 6.07) is 0. The molecule has 0 rings (SSSR count). The molecule has 0 fully saturated rings. The minimum Gasteiger partial charge on any atom is -0.303 e. The van der Waals surface area contributed by atoms with Crippen LogP contribution in [-0.2, 0) is 10.1 Å². The Labute approximate surface area is 87.0 Å². The fourth-order valence-electron chi connectivity index (χ4n) is 1.43. The van der Waals surface area contributed by atoms with Gasteiger partial charge in [-0.3, -0.25) is 4.55 Å². The minimum atomic E-state index is -3.88. The second-order valence-electron chi connectivity index (χ2n) is 3.41. The Morgan fingerprint density at radius 2 is 1.71 bits per heavy atom. The lowest BCUT2D eigenvalue weighted by Gasteiger charge is -2.22. The molecule has 0 saturated carbocycles. The van der Waals surface area contributed by atoms with Crippen molar-refractivity contribution >= 4 is 10.1 Å². The smallest absolute Gasteiger partial charge is 0.269 e. The Morgan fingerprint density at radius 3 is 2.00 bits per heavy atom. The van der Waals surface area contributed by atoms with Crippen molar-refractivity contribution < 1.29 is 13.0 Å². The highest BCUT2D eigenvalue weighted by molar-refractivity contribution is 7.86. The lowest BCUT2D eigenvalue weighted by Crippen LogP contribution is -2.36. The summed E-state index contributed by atoms with van der Waals surface area (Å²) in [4.78, 5) is 2.01. The van der Waals surface area contributed by atoms with Gasteiger partial charge in [-0.05, 0) is 19.5 Å². The first-order valence-electron chi connectivity index (χ1n) is 5.14. The standard InChI is InChI=1S/C9H21NO3S/c1-4-7-9(14(11,12)13)8-10(5-2)6-3/h9H,4-8H2,1-3H3,(H,11,12,13). The highest BCUT2D eigenvalue weighted by atomic mass is 32.2. The van der Waals surface area contributed by atoms with Gasteiger partial charge < -0.3 is 4.90 Å². The molecule has 5 heteroatoms. The Hall–Kier alpha value is -0.130. The van der Waals surface area contributed by atoms with Crippen molar-refractivity contribution in [2.45, 2.75) is 38.9 Å². The van der Waals surface area contributed by atoms with Crippen molar-refractivity contribution in [3.63, 3.8) is 0 Å². The Balaban J connectivity index is 4.37. The van der Waals surface area contributed by atoms with E-state index >= 15 is 0 Å². The molecule has 0 aromatic heterocycles. The number of rotatable bonds is 7. The summed E-state index contributed by atoms with van der Waals surface area (Å²) in [5, 5.41) is -0.632. The zero-order valence-electron chi connectivity index (χ0n) is 9.23. The van der Waals surface area contributed by atoms with E-state index in [1.165, 1.54) is 0 Å². The molecule has 4 nitrogen and oxygen atoms in total. The van der Waals surface area contributed by atoms with Gasteiger partial charge in [0, 0.05) is 6.54 Å². The van der Waals surface area contributed by atoms with E-state index in [2.05, 4.69) is 0 Å². The molecule has 0 aromatic carbocycles. The molecule has 0 spiro atoms. The van der Waals surface area contributed by atoms with Gasteiger partial charge in [0.25, 0.3) is 10.1 Å². The quantitative estimate of drug-likeness (QED) is 0.663. The molecule has 0 aliphatic rings. The molecule has 0 bridgehead atoms. The molecule has 0 heterocycles. The molecule has 0 aromatic rings. The van der Waals surface area contributed by atoms with Crippen LogP contribution in [0.15, 0.2) is 0 Å². The third-order valence-electron chi connectivity index (χ3n) is 2.39. The Kier molecular flexibility index (Phi) is 6.31. The zero-order chi connectivity index (χ0) is 11.2. The third-order valence-corrected chi connectivity index (χ3v) is 3.62.